The van der Waals surface area contributed by atoms with Crippen LogP contribution >= 0.6 is 11.6 Å². The lowest BCUT2D eigenvalue weighted by Crippen LogP contribution is -2.29. The lowest BCUT2D eigenvalue weighted by atomic mass is 10.2. The fourth-order valence-electron chi connectivity index (χ4n) is 2.47. The van der Waals surface area contributed by atoms with E-state index in [0.717, 1.165) is 0 Å². The van der Waals surface area contributed by atoms with Crippen LogP contribution in [-0.2, 0) is 14.6 Å². The lowest BCUT2D eigenvalue weighted by molar-refractivity contribution is -0.135. The minimum absolute atomic E-state index is 0.0217. The molecule has 0 saturated heterocycles. The molecule has 3 rings (SSSR count). The average Bonchev–Trinajstić information content (AvgIpc) is 2.65. The molecule has 2 aromatic carbocycles. The van der Waals surface area contributed by atoms with Gasteiger partial charge in [0.25, 0.3) is 5.91 Å². The number of carboxylic acid groups (broad SMARTS) is 1. The molecule has 0 aliphatic carbocycles. The lowest BCUT2D eigenvalue weighted by Gasteiger charge is -2.09. The second kappa shape index (κ2) is 7.45. The Balaban J connectivity index is 2.00. The van der Waals surface area contributed by atoms with E-state index in [1.807, 2.05) is 0 Å². The zero-order valence-electron chi connectivity index (χ0n) is 14.1. The van der Waals surface area contributed by atoms with Crippen LogP contribution < -0.4 is 5.32 Å². The van der Waals surface area contributed by atoms with Crippen molar-refractivity contribution in [1.29, 1.82) is 0 Å². The third kappa shape index (κ3) is 3.90. The van der Waals surface area contributed by atoms with Crippen molar-refractivity contribution >= 4 is 44.2 Å². The van der Waals surface area contributed by atoms with E-state index in [1.54, 1.807) is 0 Å². The van der Waals surface area contributed by atoms with Gasteiger partial charge >= 0.3 is 5.97 Å². The summed E-state index contributed by atoms with van der Waals surface area (Å²) >= 11 is 5.79. The van der Waals surface area contributed by atoms with Crippen molar-refractivity contribution in [3.8, 4) is 5.75 Å². The highest BCUT2D eigenvalue weighted by molar-refractivity contribution is 7.91. The predicted octanol–water partition coefficient (Wildman–Crippen LogP) is 2.24. The van der Waals surface area contributed by atoms with Crippen molar-refractivity contribution in [3.63, 3.8) is 0 Å². The first-order valence-corrected chi connectivity index (χ1v) is 9.69. The molecule has 0 aliphatic heterocycles. The Bertz CT molecular complexity index is 1190. The number of sulfone groups is 1. The van der Waals surface area contributed by atoms with Gasteiger partial charge in [-0.2, -0.15) is 0 Å². The van der Waals surface area contributed by atoms with Crippen molar-refractivity contribution in [2.24, 2.45) is 0 Å². The summed E-state index contributed by atoms with van der Waals surface area (Å²) in [7, 11) is -3.82. The van der Waals surface area contributed by atoms with Crippen molar-refractivity contribution in [3.05, 3.63) is 59.2 Å². The number of rotatable bonds is 5. The molecule has 8 nitrogen and oxygen atoms in total. The molecule has 1 heterocycles. The summed E-state index contributed by atoms with van der Waals surface area (Å²) in [5, 5.41) is 21.4. The molecule has 0 aliphatic rings. The number of amides is 1. The van der Waals surface area contributed by atoms with E-state index in [-0.39, 0.29) is 21.0 Å². The largest absolute Gasteiger partial charge is 0.505 e. The third-order valence-electron chi connectivity index (χ3n) is 3.82. The van der Waals surface area contributed by atoms with E-state index < -0.39 is 34.0 Å². The van der Waals surface area contributed by atoms with Crippen LogP contribution in [0.15, 0.2) is 58.3 Å². The summed E-state index contributed by atoms with van der Waals surface area (Å²) < 4.78 is 25.5. The van der Waals surface area contributed by atoms with Gasteiger partial charge in [0.2, 0.25) is 9.84 Å². The fourth-order valence-corrected chi connectivity index (χ4v) is 3.89. The van der Waals surface area contributed by atoms with Crippen molar-refractivity contribution in [2.75, 3.05) is 6.54 Å². The summed E-state index contributed by atoms with van der Waals surface area (Å²) in [6.45, 7) is -0.629. The molecular formula is C18H13ClN2O6S. The number of hydrogen-bond donors (Lipinski definition) is 3. The van der Waals surface area contributed by atoms with Crippen LogP contribution in [0.1, 0.15) is 10.5 Å². The molecule has 0 unspecified atom stereocenters. The molecule has 10 heteroatoms. The molecule has 1 aromatic heterocycles. The van der Waals surface area contributed by atoms with Crippen LogP contribution in [0.25, 0.3) is 10.9 Å². The average molecular weight is 421 g/mol. The van der Waals surface area contributed by atoms with E-state index in [4.69, 9.17) is 16.7 Å². The number of pyridine rings is 1. The van der Waals surface area contributed by atoms with E-state index >= 15 is 0 Å². The molecule has 3 aromatic rings. The number of carboxylic acids is 1. The number of halogens is 1. The number of aromatic nitrogens is 1. The van der Waals surface area contributed by atoms with Gasteiger partial charge in [-0.25, -0.2) is 13.4 Å². The Kier molecular flexibility index (Phi) is 5.21. The Morgan fingerprint density at radius 3 is 2.32 bits per heavy atom. The highest BCUT2D eigenvalue weighted by Gasteiger charge is 2.20. The van der Waals surface area contributed by atoms with Gasteiger partial charge in [-0.15, -0.1) is 0 Å². The maximum absolute atomic E-state index is 12.8. The summed E-state index contributed by atoms with van der Waals surface area (Å²) in [5.41, 5.74) is -0.101. The van der Waals surface area contributed by atoms with Crippen LogP contribution in [0, 0.1) is 0 Å². The molecule has 28 heavy (non-hydrogen) atoms. The SMILES string of the molecule is O=C(O)CNC(=O)c1nc2ccc(S(=O)(=O)c3ccc(Cl)cc3)cc2cc1O. The molecule has 0 radical (unpaired) electrons. The molecule has 0 saturated carbocycles. The first-order chi connectivity index (χ1) is 13.2. The Morgan fingerprint density at radius 2 is 1.68 bits per heavy atom. The van der Waals surface area contributed by atoms with Gasteiger partial charge in [0.15, 0.2) is 5.69 Å². The van der Waals surface area contributed by atoms with Crippen LogP contribution in [-0.4, -0.2) is 42.0 Å². The molecule has 3 N–H and O–H groups in total. The molecule has 0 fully saturated rings. The summed E-state index contributed by atoms with van der Waals surface area (Å²) in [6.07, 6.45) is 0. The van der Waals surface area contributed by atoms with Gasteiger partial charge in [0.1, 0.15) is 12.3 Å². The number of carbonyl (C=O) groups is 2. The molecular weight excluding hydrogens is 408 g/mol. The highest BCUT2D eigenvalue weighted by Crippen LogP contribution is 2.28. The van der Waals surface area contributed by atoms with Gasteiger partial charge in [-0.05, 0) is 48.5 Å². The van der Waals surface area contributed by atoms with Gasteiger partial charge in [-0.1, -0.05) is 11.6 Å². The number of carbonyl (C=O) groups excluding carboxylic acids is 1. The first kappa shape index (κ1) is 19.6. The zero-order chi connectivity index (χ0) is 20.5. The number of nitrogens with zero attached hydrogens (tertiary/aromatic N) is 1. The maximum Gasteiger partial charge on any atom is 0.322 e. The third-order valence-corrected chi connectivity index (χ3v) is 5.83. The monoisotopic (exact) mass is 420 g/mol. The van der Waals surface area contributed by atoms with Gasteiger partial charge in [0, 0.05) is 10.4 Å². The Labute approximate surface area is 164 Å². The number of aliphatic carboxylic acids is 1. The van der Waals surface area contributed by atoms with Gasteiger partial charge in [0.05, 0.1) is 15.3 Å². The fraction of sp³-hybridized carbons (Fsp3) is 0.0556. The number of nitrogens with one attached hydrogen (secondary N) is 1. The summed E-state index contributed by atoms with van der Waals surface area (Å²) in [5.74, 6) is -2.61. The maximum atomic E-state index is 12.8. The van der Waals surface area contributed by atoms with E-state index in [0.29, 0.717) is 10.4 Å². The van der Waals surface area contributed by atoms with E-state index in [9.17, 15) is 23.1 Å². The van der Waals surface area contributed by atoms with E-state index in [1.165, 1.54) is 48.5 Å². The van der Waals surface area contributed by atoms with Crippen molar-refractivity contribution in [1.82, 2.24) is 10.3 Å². The van der Waals surface area contributed by atoms with Crippen LogP contribution in [0.4, 0.5) is 0 Å². The van der Waals surface area contributed by atoms with E-state index in [2.05, 4.69) is 10.3 Å². The predicted molar refractivity (Wildman–Crippen MR) is 100 cm³/mol. The normalized spacial score (nSPS) is 11.3. The zero-order valence-corrected chi connectivity index (χ0v) is 15.7. The number of benzene rings is 2. The molecule has 0 bridgehead atoms. The summed E-state index contributed by atoms with van der Waals surface area (Å²) in [6, 6.07) is 10.9. The number of hydrogen-bond acceptors (Lipinski definition) is 6. The Hall–Kier alpha value is -3.17. The standard InChI is InChI=1S/C18H13ClN2O6S/c19-11-1-3-12(4-2-11)28(26,27)13-5-6-14-10(7-13)8-15(22)17(21-14)18(25)20-9-16(23)24/h1-8,22H,9H2,(H,20,25)(H,23,24). The molecule has 144 valence electrons. The number of aromatic hydroxyl groups is 1. The van der Waals surface area contributed by atoms with Crippen molar-refractivity contribution < 1.29 is 28.2 Å². The minimum Gasteiger partial charge on any atom is -0.505 e. The topological polar surface area (TPSA) is 134 Å². The first-order valence-electron chi connectivity index (χ1n) is 7.83. The Morgan fingerprint density at radius 1 is 1.04 bits per heavy atom. The number of fused-ring (bicyclic) bond motifs is 1. The molecule has 0 spiro atoms. The quantitative estimate of drug-likeness (QED) is 0.576. The van der Waals surface area contributed by atoms with Crippen molar-refractivity contribution in [2.45, 2.75) is 9.79 Å². The minimum atomic E-state index is -3.82. The van der Waals surface area contributed by atoms with Gasteiger partial charge < -0.3 is 15.5 Å². The molecule has 1 amide bonds. The second-order valence-corrected chi connectivity index (χ2v) is 8.13. The van der Waals surface area contributed by atoms with Crippen LogP contribution in [0.5, 0.6) is 5.75 Å². The van der Waals surface area contributed by atoms with Crippen LogP contribution in [0.3, 0.4) is 0 Å². The van der Waals surface area contributed by atoms with Gasteiger partial charge in [-0.3, -0.25) is 9.59 Å². The smallest absolute Gasteiger partial charge is 0.322 e. The second-order valence-electron chi connectivity index (χ2n) is 5.74. The highest BCUT2D eigenvalue weighted by atomic mass is 35.5. The summed E-state index contributed by atoms with van der Waals surface area (Å²) in [4.78, 5) is 26.5. The van der Waals surface area contributed by atoms with Crippen LogP contribution in [0.2, 0.25) is 5.02 Å². The molecule has 0 atom stereocenters.